The van der Waals surface area contributed by atoms with Crippen molar-refractivity contribution in [2.45, 2.75) is 19.9 Å². The fourth-order valence-electron chi connectivity index (χ4n) is 1.68. The summed E-state index contributed by atoms with van der Waals surface area (Å²) in [5.41, 5.74) is 6.05. The molecule has 0 saturated carbocycles. The first-order valence-electron chi connectivity index (χ1n) is 6.09. The van der Waals surface area contributed by atoms with Crippen molar-refractivity contribution >= 4 is 11.8 Å². The Kier molecular flexibility index (Phi) is 6.31. The summed E-state index contributed by atoms with van der Waals surface area (Å²) in [6.45, 7) is 4.21. The summed E-state index contributed by atoms with van der Waals surface area (Å²) in [5.74, 6) is 0.506. The topological polar surface area (TPSA) is 88.6 Å². The molecular formula is C12H21N3O4. The third-order valence-corrected chi connectivity index (χ3v) is 2.68. The number of nitrogens with two attached hydrogens (primary N) is 1. The van der Waals surface area contributed by atoms with Crippen molar-refractivity contribution in [3.63, 3.8) is 0 Å². The lowest BCUT2D eigenvalue weighted by molar-refractivity contribution is 0.0595. The average molecular weight is 271 g/mol. The summed E-state index contributed by atoms with van der Waals surface area (Å²) in [6.07, 6.45) is 0.783. The number of nitrogens with zero attached hydrogens (tertiary/aromatic N) is 2. The van der Waals surface area contributed by atoms with E-state index in [9.17, 15) is 4.79 Å². The second kappa shape index (κ2) is 7.75. The normalized spacial score (nSPS) is 10.7. The van der Waals surface area contributed by atoms with Crippen molar-refractivity contribution in [3.05, 3.63) is 11.5 Å². The van der Waals surface area contributed by atoms with Gasteiger partial charge in [0.05, 0.1) is 20.3 Å². The van der Waals surface area contributed by atoms with Crippen LogP contribution in [0.2, 0.25) is 0 Å². The zero-order chi connectivity index (χ0) is 14.3. The van der Waals surface area contributed by atoms with E-state index in [4.69, 9.17) is 15.2 Å². The Labute approximate surface area is 112 Å². The molecule has 1 rings (SSSR count). The predicted molar refractivity (Wildman–Crippen MR) is 70.0 cm³/mol. The third-order valence-electron chi connectivity index (χ3n) is 2.68. The van der Waals surface area contributed by atoms with E-state index in [0.29, 0.717) is 38.0 Å². The number of nitrogen functional groups attached to an aromatic ring is 1. The van der Waals surface area contributed by atoms with Crippen LogP contribution in [-0.4, -0.2) is 49.6 Å². The van der Waals surface area contributed by atoms with Crippen LogP contribution in [-0.2, 0) is 20.8 Å². The van der Waals surface area contributed by atoms with Crippen LogP contribution in [0.1, 0.15) is 22.7 Å². The van der Waals surface area contributed by atoms with E-state index in [0.717, 1.165) is 6.42 Å². The molecule has 0 aliphatic rings. The zero-order valence-corrected chi connectivity index (χ0v) is 11.6. The third kappa shape index (κ3) is 4.22. The molecule has 0 saturated heterocycles. The molecule has 0 aromatic carbocycles. The van der Waals surface area contributed by atoms with E-state index in [1.54, 1.807) is 18.6 Å². The standard InChI is InChI=1S/C12H21N3O4/c1-9-14-10(12(16)18-3)11(13)15(9)5-4-6-19-8-7-17-2/h4-8,13H2,1-3H3. The molecule has 7 nitrogen and oxygen atoms in total. The quantitative estimate of drug-likeness (QED) is 0.550. The van der Waals surface area contributed by atoms with Gasteiger partial charge < -0.3 is 24.5 Å². The molecule has 0 aliphatic carbocycles. The van der Waals surface area contributed by atoms with Gasteiger partial charge in [0, 0.05) is 20.3 Å². The zero-order valence-electron chi connectivity index (χ0n) is 11.6. The molecule has 0 atom stereocenters. The first kappa shape index (κ1) is 15.5. The van der Waals surface area contributed by atoms with E-state index < -0.39 is 5.97 Å². The van der Waals surface area contributed by atoms with Gasteiger partial charge in [0.15, 0.2) is 5.69 Å². The minimum absolute atomic E-state index is 0.167. The van der Waals surface area contributed by atoms with Crippen molar-refractivity contribution < 1.29 is 19.0 Å². The predicted octanol–water partition coefficient (Wildman–Crippen LogP) is 0.613. The lowest BCUT2D eigenvalue weighted by atomic mass is 10.4. The Balaban J connectivity index is 2.50. The lowest BCUT2D eigenvalue weighted by Gasteiger charge is -2.08. The molecule has 0 fully saturated rings. The van der Waals surface area contributed by atoms with Gasteiger partial charge in [0.2, 0.25) is 0 Å². The maximum absolute atomic E-state index is 11.4. The van der Waals surface area contributed by atoms with Crippen LogP contribution in [0.25, 0.3) is 0 Å². The first-order chi connectivity index (χ1) is 9.11. The largest absolute Gasteiger partial charge is 0.464 e. The highest BCUT2D eigenvalue weighted by Gasteiger charge is 2.18. The van der Waals surface area contributed by atoms with Gasteiger partial charge in [-0.15, -0.1) is 0 Å². The molecule has 0 aliphatic heterocycles. The molecule has 1 aromatic heterocycles. The molecule has 0 radical (unpaired) electrons. The van der Waals surface area contributed by atoms with E-state index in [2.05, 4.69) is 9.72 Å². The van der Waals surface area contributed by atoms with E-state index in [1.807, 2.05) is 0 Å². The summed E-state index contributed by atoms with van der Waals surface area (Å²) in [4.78, 5) is 15.5. The van der Waals surface area contributed by atoms with Crippen LogP contribution in [0, 0.1) is 6.92 Å². The summed E-state index contributed by atoms with van der Waals surface area (Å²) in [5, 5.41) is 0. The molecule has 19 heavy (non-hydrogen) atoms. The number of methoxy groups -OCH3 is 2. The number of rotatable bonds is 8. The fraction of sp³-hybridized carbons (Fsp3) is 0.667. The molecule has 0 spiro atoms. The van der Waals surface area contributed by atoms with Crippen LogP contribution >= 0.6 is 0 Å². The number of carbonyl (C=O) groups excluding carboxylic acids is 1. The Morgan fingerprint density at radius 2 is 2.05 bits per heavy atom. The number of aromatic nitrogens is 2. The fourth-order valence-corrected chi connectivity index (χ4v) is 1.68. The number of hydrogen-bond donors (Lipinski definition) is 1. The molecule has 1 heterocycles. The average Bonchev–Trinajstić information content (AvgIpc) is 2.69. The number of carbonyl (C=O) groups is 1. The molecule has 0 unspecified atom stereocenters. The van der Waals surface area contributed by atoms with Crippen molar-refractivity contribution in [2.75, 3.05) is 39.8 Å². The minimum Gasteiger partial charge on any atom is -0.464 e. The van der Waals surface area contributed by atoms with Gasteiger partial charge in [-0.2, -0.15) is 0 Å². The summed E-state index contributed by atoms with van der Waals surface area (Å²) < 4.78 is 16.6. The van der Waals surface area contributed by atoms with Crippen LogP contribution in [0.5, 0.6) is 0 Å². The molecular weight excluding hydrogens is 250 g/mol. The SMILES string of the molecule is COCCOCCCn1c(C)nc(C(=O)OC)c1N. The molecule has 1 aromatic rings. The number of imidazole rings is 1. The molecule has 108 valence electrons. The second-order valence-electron chi connectivity index (χ2n) is 3.99. The monoisotopic (exact) mass is 271 g/mol. The number of ether oxygens (including phenoxy) is 3. The Morgan fingerprint density at radius 3 is 2.68 bits per heavy atom. The van der Waals surface area contributed by atoms with Crippen LogP contribution in [0.15, 0.2) is 0 Å². The van der Waals surface area contributed by atoms with E-state index in [1.165, 1.54) is 7.11 Å². The molecule has 0 amide bonds. The summed E-state index contributed by atoms with van der Waals surface area (Å²) in [6, 6.07) is 0. The van der Waals surface area contributed by atoms with E-state index in [-0.39, 0.29) is 5.69 Å². The van der Waals surface area contributed by atoms with Gasteiger partial charge in [-0.25, -0.2) is 9.78 Å². The molecule has 2 N–H and O–H groups in total. The number of aryl methyl sites for hydroxylation is 1. The highest BCUT2D eigenvalue weighted by Crippen LogP contribution is 2.15. The summed E-state index contributed by atoms with van der Waals surface area (Å²) in [7, 11) is 2.94. The van der Waals surface area contributed by atoms with E-state index >= 15 is 0 Å². The minimum atomic E-state index is -0.518. The first-order valence-corrected chi connectivity index (χ1v) is 6.09. The van der Waals surface area contributed by atoms with Gasteiger partial charge in [-0.1, -0.05) is 0 Å². The van der Waals surface area contributed by atoms with Gasteiger partial charge in [0.25, 0.3) is 0 Å². The Bertz CT molecular complexity index is 417. The summed E-state index contributed by atoms with van der Waals surface area (Å²) >= 11 is 0. The number of hydrogen-bond acceptors (Lipinski definition) is 6. The van der Waals surface area contributed by atoms with Crippen molar-refractivity contribution in [1.82, 2.24) is 9.55 Å². The highest BCUT2D eigenvalue weighted by atomic mass is 16.5. The van der Waals surface area contributed by atoms with Crippen molar-refractivity contribution in [3.8, 4) is 0 Å². The highest BCUT2D eigenvalue weighted by molar-refractivity contribution is 5.92. The van der Waals surface area contributed by atoms with Crippen LogP contribution in [0.3, 0.4) is 0 Å². The number of anilines is 1. The van der Waals surface area contributed by atoms with Crippen LogP contribution in [0.4, 0.5) is 5.82 Å². The van der Waals surface area contributed by atoms with Gasteiger partial charge in [0.1, 0.15) is 11.6 Å². The molecule has 7 heteroatoms. The molecule has 0 bridgehead atoms. The Morgan fingerprint density at radius 1 is 1.32 bits per heavy atom. The second-order valence-corrected chi connectivity index (χ2v) is 3.99. The lowest BCUT2D eigenvalue weighted by Crippen LogP contribution is -2.11. The van der Waals surface area contributed by atoms with Gasteiger partial charge in [-0.3, -0.25) is 0 Å². The maximum Gasteiger partial charge on any atom is 0.360 e. The van der Waals surface area contributed by atoms with Crippen LogP contribution < -0.4 is 5.73 Å². The van der Waals surface area contributed by atoms with Gasteiger partial charge in [-0.05, 0) is 13.3 Å². The number of esters is 1. The Hall–Kier alpha value is -1.60. The van der Waals surface area contributed by atoms with Gasteiger partial charge >= 0.3 is 5.97 Å². The van der Waals surface area contributed by atoms with Crippen molar-refractivity contribution in [2.24, 2.45) is 0 Å². The maximum atomic E-state index is 11.4. The smallest absolute Gasteiger partial charge is 0.360 e. The van der Waals surface area contributed by atoms with Crippen molar-refractivity contribution in [1.29, 1.82) is 0 Å².